The summed E-state index contributed by atoms with van der Waals surface area (Å²) in [5, 5.41) is 4.66. The molecule has 0 amide bonds. The van der Waals surface area contributed by atoms with Crippen molar-refractivity contribution in [2.45, 2.75) is 13.3 Å². The fourth-order valence-electron chi connectivity index (χ4n) is 1.92. The summed E-state index contributed by atoms with van der Waals surface area (Å²) in [5.41, 5.74) is 7.70. The van der Waals surface area contributed by atoms with Gasteiger partial charge >= 0.3 is 0 Å². The third-order valence-electron chi connectivity index (χ3n) is 2.87. The molecule has 0 unspecified atom stereocenters. The van der Waals surface area contributed by atoms with Crippen LogP contribution in [-0.4, -0.2) is 10.1 Å². The number of benzene rings is 1. The summed E-state index contributed by atoms with van der Waals surface area (Å²) >= 11 is 1.42. The van der Waals surface area contributed by atoms with Gasteiger partial charge in [0, 0.05) is 6.42 Å². The van der Waals surface area contributed by atoms with Gasteiger partial charge in [0.15, 0.2) is 5.82 Å². The Labute approximate surface area is 119 Å². The van der Waals surface area contributed by atoms with E-state index in [-0.39, 0.29) is 5.82 Å². The highest BCUT2D eigenvalue weighted by atomic mass is 32.1. The van der Waals surface area contributed by atoms with E-state index in [0.29, 0.717) is 18.1 Å². The van der Waals surface area contributed by atoms with Gasteiger partial charge in [-0.25, -0.2) is 4.39 Å². The smallest absolute Gasteiger partial charge is 0.268 e. The molecule has 0 aliphatic carbocycles. The number of nitrogens with zero attached hydrogens (tertiary/aromatic N) is 2. The van der Waals surface area contributed by atoms with Crippen molar-refractivity contribution in [3.8, 4) is 10.8 Å². The zero-order valence-electron chi connectivity index (χ0n) is 10.8. The van der Waals surface area contributed by atoms with Gasteiger partial charge in [0.25, 0.3) is 5.89 Å². The highest BCUT2D eigenvalue weighted by molar-refractivity contribution is 7.19. The normalized spacial score (nSPS) is 10.9. The Morgan fingerprint density at radius 1 is 1.30 bits per heavy atom. The van der Waals surface area contributed by atoms with Crippen LogP contribution in [0.1, 0.15) is 17.0 Å². The van der Waals surface area contributed by atoms with Gasteiger partial charge in [0.1, 0.15) is 5.82 Å². The maximum absolute atomic E-state index is 12.8. The summed E-state index contributed by atoms with van der Waals surface area (Å²) in [7, 11) is 0. The van der Waals surface area contributed by atoms with Crippen molar-refractivity contribution in [1.29, 1.82) is 0 Å². The Kier molecular flexibility index (Phi) is 3.23. The lowest BCUT2D eigenvalue weighted by Crippen LogP contribution is -1.90. The van der Waals surface area contributed by atoms with Crippen LogP contribution in [0.4, 0.5) is 9.39 Å². The van der Waals surface area contributed by atoms with Gasteiger partial charge in [0.2, 0.25) is 0 Å². The number of halogens is 1. The monoisotopic (exact) mass is 289 g/mol. The minimum atomic E-state index is -0.257. The van der Waals surface area contributed by atoms with Gasteiger partial charge in [-0.05, 0) is 36.2 Å². The van der Waals surface area contributed by atoms with E-state index in [4.69, 9.17) is 10.3 Å². The minimum Gasteiger partial charge on any atom is -0.391 e. The number of anilines is 1. The van der Waals surface area contributed by atoms with Crippen molar-refractivity contribution in [2.75, 3.05) is 5.73 Å². The van der Waals surface area contributed by atoms with E-state index in [0.717, 1.165) is 21.0 Å². The first-order valence-electron chi connectivity index (χ1n) is 6.05. The molecule has 2 N–H and O–H groups in total. The van der Waals surface area contributed by atoms with E-state index < -0.39 is 0 Å². The van der Waals surface area contributed by atoms with Crippen LogP contribution < -0.4 is 5.73 Å². The van der Waals surface area contributed by atoms with Crippen LogP contribution in [0.5, 0.6) is 0 Å². The lowest BCUT2D eigenvalue weighted by atomic mass is 10.1. The van der Waals surface area contributed by atoms with E-state index in [9.17, 15) is 4.39 Å². The van der Waals surface area contributed by atoms with E-state index in [2.05, 4.69) is 10.1 Å². The predicted molar refractivity (Wildman–Crippen MR) is 76.0 cm³/mol. The molecule has 0 radical (unpaired) electrons. The molecule has 3 rings (SSSR count). The van der Waals surface area contributed by atoms with Gasteiger partial charge < -0.3 is 10.3 Å². The number of hydrogen-bond donors (Lipinski definition) is 1. The van der Waals surface area contributed by atoms with Gasteiger partial charge in [-0.15, -0.1) is 11.3 Å². The Morgan fingerprint density at radius 3 is 2.70 bits per heavy atom. The molecule has 2 aromatic heterocycles. The third kappa shape index (κ3) is 2.55. The molecule has 0 saturated heterocycles. The summed E-state index contributed by atoms with van der Waals surface area (Å²) < 4.78 is 18.1. The number of aryl methyl sites for hydroxylation is 1. The van der Waals surface area contributed by atoms with Crippen LogP contribution in [0.15, 0.2) is 34.9 Å². The summed E-state index contributed by atoms with van der Waals surface area (Å²) in [5.74, 6) is 0.784. The van der Waals surface area contributed by atoms with Crippen molar-refractivity contribution in [3.05, 3.63) is 53.1 Å². The molecule has 1 aromatic carbocycles. The number of hydrogen-bond acceptors (Lipinski definition) is 5. The maximum Gasteiger partial charge on any atom is 0.268 e. The number of rotatable bonds is 3. The molecule has 102 valence electrons. The van der Waals surface area contributed by atoms with Gasteiger partial charge in [-0.3, -0.25) is 0 Å². The van der Waals surface area contributed by atoms with Crippen LogP contribution in [0, 0.1) is 12.7 Å². The van der Waals surface area contributed by atoms with Crippen LogP contribution in [0.2, 0.25) is 0 Å². The average Bonchev–Trinajstić information content (AvgIpc) is 2.99. The number of nitrogens with two attached hydrogens (primary N) is 1. The first kappa shape index (κ1) is 12.8. The fourth-order valence-corrected chi connectivity index (χ4v) is 2.78. The molecule has 4 nitrogen and oxygen atoms in total. The molecule has 0 aliphatic rings. The van der Waals surface area contributed by atoms with Crippen molar-refractivity contribution in [3.63, 3.8) is 0 Å². The van der Waals surface area contributed by atoms with Crippen LogP contribution in [-0.2, 0) is 6.42 Å². The molecule has 0 aliphatic heterocycles. The quantitative estimate of drug-likeness (QED) is 0.802. The van der Waals surface area contributed by atoms with Crippen molar-refractivity contribution in [1.82, 2.24) is 10.1 Å². The van der Waals surface area contributed by atoms with Crippen LogP contribution in [0.25, 0.3) is 10.8 Å². The topological polar surface area (TPSA) is 64.9 Å². The van der Waals surface area contributed by atoms with Crippen molar-refractivity contribution < 1.29 is 8.91 Å². The predicted octanol–water partition coefficient (Wildman–Crippen LogP) is 3.42. The van der Waals surface area contributed by atoms with Gasteiger partial charge in [0.05, 0.1) is 9.88 Å². The van der Waals surface area contributed by atoms with Crippen LogP contribution >= 0.6 is 11.3 Å². The summed E-state index contributed by atoms with van der Waals surface area (Å²) in [6.07, 6.45) is 0.504. The number of thiophene rings is 1. The molecule has 2 heterocycles. The molecule has 0 atom stereocenters. The first-order chi connectivity index (χ1) is 9.61. The van der Waals surface area contributed by atoms with Crippen molar-refractivity contribution >= 4 is 16.3 Å². The van der Waals surface area contributed by atoms with Gasteiger partial charge in [-0.1, -0.05) is 17.3 Å². The second-order valence-corrected chi connectivity index (χ2v) is 5.56. The highest BCUT2D eigenvalue weighted by Crippen LogP contribution is 2.32. The van der Waals surface area contributed by atoms with E-state index in [1.807, 2.05) is 13.0 Å². The number of aromatic nitrogens is 2. The third-order valence-corrected chi connectivity index (χ3v) is 3.93. The molecule has 0 bridgehead atoms. The summed E-state index contributed by atoms with van der Waals surface area (Å²) in [6.45, 7) is 1.95. The van der Waals surface area contributed by atoms with E-state index in [1.165, 1.54) is 23.5 Å². The fraction of sp³-hybridized carbons (Fsp3) is 0.143. The van der Waals surface area contributed by atoms with Crippen molar-refractivity contribution in [2.24, 2.45) is 0 Å². The molecule has 0 spiro atoms. The minimum absolute atomic E-state index is 0.257. The van der Waals surface area contributed by atoms with Crippen LogP contribution in [0.3, 0.4) is 0 Å². The lowest BCUT2D eigenvalue weighted by molar-refractivity contribution is 0.424. The summed E-state index contributed by atoms with van der Waals surface area (Å²) in [4.78, 5) is 5.24. The Balaban J connectivity index is 1.83. The molecular weight excluding hydrogens is 277 g/mol. The standard InChI is InChI=1S/C14H12FN3OS/c1-8-6-11(16)20-13(8)14-17-12(18-19-14)7-9-2-4-10(15)5-3-9/h2-6H,7,16H2,1H3. The largest absolute Gasteiger partial charge is 0.391 e. The molecule has 3 aromatic rings. The zero-order valence-corrected chi connectivity index (χ0v) is 11.6. The SMILES string of the molecule is Cc1cc(N)sc1-c1nc(Cc2ccc(F)cc2)no1. The first-order valence-corrected chi connectivity index (χ1v) is 6.87. The van der Waals surface area contributed by atoms with E-state index in [1.54, 1.807) is 12.1 Å². The summed E-state index contributed by atoms with van der Waals surface area (Å²) in [6, 6.07) is 8.13. The molecule has 6 heteroatoms. The number of nitrogen functional groups attached to an aromatic ring is 1. The maximum atomic E-state index is 12.8. The molecule has 0 fully saturated rings. The second-order valence-electron chi connectivity index (χ2n) is 4.48. The molecule has 0 saturated carbocycles. The second kappa shape index (κ2) is 5.05. The molecular formula is C14H12FN3OS. The van der Waals surface area contributed by atoms with E-state index >= 15 is 0 Å². The lowest BCUT2D eigenvalue weighted by Gasteiger charge is -1.95. The Hall–Kier alpha value is -2.21. The highest BCUT2D eigenvalue weighted by Gasteiger charge is 2.14. The Bertz CT molecular complexity index is 733. The van der Waals surface area contributed by atoms with Gasteiger partial charge in [-0.2, -0.15) is 4.98 Å². The molecule has 20 heavy (non-hydrogen) atoms. The average molecular weight is 289 g/mol. The Morgan fingerprint density at radius 2 is 2.05 bits per heavy atom. The zero-order chi connectivity index (χ0) is 14.1.